The Morgan fingerprint density at radius 1 is 1.00 bits per heavy atom. The summed E-state index contributed by atoms with van der Waals surface area (Å²) in [7, 11) is -3.43. The number of sulfonamides is 1. The number of hydrogen-bond acceptors (Lipinski definition) is 3. The standard InChI is InChI=1S/C18H24N2O3S/c21-24(22,20-9-11-23-12-10-20)14-7-8-18-16(13-14)15-5-3-1-2-4-6-17(15)19-18/h7-8,13,19H,1-6,9-12H2. The maximum absolute atomic E-state index is 12.9. The van der Waals surface area contributed by atoms with Gasteiger partial charge in [0.2, 0.25) is 10.0 Å². The second-order valence-corrected chi connectivity index (χ2v) is 8.66. The van der Waals surface area contributed by atoms with Crippen LogP contribution >= 0.6 is 0 Å². The lowest BCUT2D eigenvalue weighted by Crippen LogP contribution is -2.40. The van der Waals surface area contributed by atoms with Crippen LogP contribution in [0.25, 0.3) is 10.9 Å². The molecule has 0 bridgehead atoms. The molecule has 2 heterocycles. The molecule has 5 nitrogen and oxygen atoms in total. The van der Waals surface area contributed by atoms with E-state index in [0.717, 1.165) is 23.7 Å². The Balaban J connectivity index is 1.76. The monoisotopic (exact) mass is 348 g/mol. The molecule has 1 N–H and O–H groups in total. The molecule has 1 aromatic carbocycles. The van der Waals surface area contributed by atoms with Gasteiger partial charge in [0.25, 0.3) is 0 Å². The van der Waals surface area contributed by atoms with Gasteiger partial charge in [-0.25, -0.2) is 8.42 Å². The molecule has 4 rings (SSSR count). The van der Waals surface area contributed by atoms with Crippen LogP contribution in [0.3, 0.4) is 0 Å². The molecule has 6 heteroatoms. The van der Waals surface area contributed by atoms with E-state index < -0.39 is 10.0 Å². The van der Waals surface area contributed by atoms with E-state index in [0.29, 0.717) is 31.2 Å². The van der Waals surface area contributed by atoms with Gasteiger partial charge in [0, 0.05) is 29.7 Å². The van der Waals surface area contributed by atoms with Crippen LogP contribution in [-0.4, -0.2) is 44.0 Å². The smallest absolute Gasteiger partial charge is 0.243 e. The van der Waals surface area contributed by atoms with Crippen molar-refractivity contribution < 1.29 is 13.2 Å². The molecule has 1 saturated heterocycles. The maximum Gasteiger partial charge on any atom is 0.243 e. The van der Waals surface area contributed by atoms with E-state index in [4.69, 9.17) is 4.74 Å². The fourth-order valence-electron chi connectivity index (χ4n) is 3.84. The minimum atomic E-state index is -3.43. The molecular weight excluding hydrogens is 324 g/mol. The van der Waals surface area contributed by atoms with Crippen molar-refractivity contribution in [2.75, 3.05) is 26.3 Å². The highest BCUT2D eigenvalue weighted by Gasteiger charge is 2.27. The lowest BCUT2D eigenvalue weighted by atomic mass is 9.97. The summed E-state index contributed by atoms with van der Waals surface area (Å²) >= 11 is 0. The van der Waals surface area contributed by atoms with Crippen molar-refractivity contribution in [3.8, 4) is 0 Å². The largest absolute Gasteiger partial charge is 0.379 e. The Bertz CT molecular complexity index is 835. The van der Waals surface area contributed by atoms with Crippen molar-refractivity contribution in [2.45, 2.75) is 43.4 Å². The SMILES string of the molecule is O=S(=O)(c1ccc2[nH]c3c(c2c1)CCCCCC3)N1CCOCC1. The number of nitrogens with one attached hydrogen (secondary N) is 1. The fraction of sp³-hybridized carbons (Fsp3) is 0.556. The zero-order valence-electron chi connectivity index (χ0n) is 13.9. The molecule has 0 unspecified atom stereocenters. The first-order chi connectivity index (χ1) is 11.7. The highest BCUT2D eigenvalue weighted by molar-refractivity contribution is 7.89. The quantitative estimate of drug-likeness (QED) is 0.908. The lowest BCUT2D eigenvalue weighted by molar-refractivity contribution is 0.0730. The van der Waals surface area contributed by atoms with Gasteiger partial charge < -0.3 is 9.72 Å². The van der Waals surface area contributed by atoms with E-state index in [1.54, 1.807) is 6.07 Å². The number of H-pyrrole nitrogens is 1. The van der Waals surface area contributed by atoms with Crippen molar-refractivity contribution in [1.82, 2.24) is 9.29 Å². The Morgan fingerprint density at radius 2 is 1.75 bits per heavy atom. The Kier molecular flexibility index (Phi) is 4.37. The number of nitrogens with zero attached hydrogens (tertiary/aromatic N) is 1. The summed E-state index contributed by atoms with van der Waals surface area (Å²) in [4.78, 5) is 3.92. The van der Waals surface area contributed by atoms with Gasteiger partial charge in [-0.2, -0.15) is 4.31 Å². The second kappa shape index (κ2) is 6.50. The first-order valence-corrected chi connectivity index (χ1v) is 10.3. The number of fused-ring (bicyclic) bond motifs is 3. The van der Waals surface area contributed by atoms with Crippen LogP contribution in [0.2, 0.25) is 0 Å². The van der Waals surface area contributed by atoms with E-state index in [1.807, 2.05) is 12.1 Å². The first kappa shape index (κ1) is 16.1. The number of aromatic nitrogens is 1. The van der Waals surface area contributed by atoms with Gasteiger partial charge in [-0.3, -0.25) is 0 Å². The first-order valence-electron chi connectivity index (χ1n) is 8.87. The number of benzene rings is 1. The van der Waals surface area contributed by atoms with E-state index in [2.05, 4.69) is 4.98 Å². The van der Waals surface area contributed by atoms with Gasteiger partial charge in [0.15, 0.2) is 0 Å². The third kappa shape index (κ3) is 2.87. The van der Waals surface area contributed by atoms with Gasteiger partial charge in [-0.1, -0.05) is 12.8 Å². The minimum Gasteiger partial charge on any atom is -0.379 e. The summed E-state index contributed by atoms with van der Waals surface area (Å²) in [5, 5.41) is 1.08. The summed E-state index contributed by atoms with van der Waals surface area (Å²) in [6.45, 7) is 1.82. The van der Waals surface area contributed by atoms with Crippen LogP contribution in [0.4, 0.5) is 0 Å². The van der Waals surface area contributed by atoms with Gasteiger partial charge in [-0.15, -0.1) is 0 Å². The van der Waals surface area contributed by atoms with Crippen LogP contribution in [0.15, 0.2) is 23.1 Å². The van der Waals surface area contributed by atoms with E-state index >= 15 is 0 Å². The molecule has 0 atom stereocenters. The van der Waals surface area contributed by atoms with Crippen LogP contribution in [0.5, 0.6) is 0 Å². The summed E-state index contributed by atoms with van der Waals surface area (Å²) in [6, 6.07) is 5.53. The van der Waals surface area contributed by atoms with Crippen LogP contribution in [0, 0.1) is 0 Å². The Morgan fingerprint density at radius 3 is 2.54 bits per heavy atom. The number of hydrogen-bond donors (Lipinski definition) is 1. The molecule has 24 heavy (non-hydrogen) atoms. The third-order valence-electron chi connectivity index (χ3n) is 5.18. The van der Waals surface area contributed by atoms with Crippen molar-refractivity contribution in [2.24, 2.45) is 0 Å². The molecule has 1 fully saturated rings. The zero-order valence-corrected chi connectivity index (χ0v) is 14.7. The van der Waals surface area contributed by atoms with E-state index in [-0.39, 0.29) is 0 Å². The molecule has 0 spiro atoms. The molecule has 2 aliphatic rings. The summed E-state index contributed by atoms with van der Waals surface area (Å²) in [5.74, 6) is 0. The van der Waals surface area contributed by atoms with Gasteiger partial charge in [0.1, 0.15) is 0 Å². The van der Waals surface area contributed by atoms with Crippen molar-refractivity contribution in [3.63, 3.8) is 0 Å². The molecule has 1 aliphatic heterocycles. The third-order valence-corrected chi connectivity index (χ3v) is 7.07. The molecule has 1 aliphatic carbocycles. The highest BCUT2D eigenvalue weighted by Crippen LogP contribution is 2.30. The number of ether oxygens (including phenoxy) is 1. The Labute approximate surface area is 143 Å². The van der Waals surface area contributed by atoms with Gasteiger partial charge in [-0.05, 0) is 49.4 Å². The Hall–Kier alpha value is -1.37. The highest BCUT2D eigenvalue weighted by atomic mass is 32.2. The lowest BCUT2D eigenvalue weighted by Gasteiger charge is -2.26. The zero-order chi connectivity index (χ0) is 16.6. The van der Waals surface area contributed by atoms with Crippen LogP contribution < -0.4 is 0 Å². The number of morpholine rings is 1. The average molecular weight is 348 g/mol. The predicted molar refractivity (Wildman–Crippen MR) is 93.8 cm³/mol. The molecule has 0 radical (unpaired) electrons. The summed E-state index contributed by atoms with van der Waals surface area (Å²) in [6.07, 6.45) is 7.04. The van der Waals surface area contributed by atoms with Crippen LogP contribution in [0.1, 0.15) is 36.9 Å². The molecule has 2 aromatic rings. The fourth-order valence-corrected chi connectivity index (χ4v) is 5.27. The van der Waals surface area contributed by atoms with Crippen LogP contribution in [-0.2, 0) is 27.6 Å². The number of rotatable bonds is 2. The maximum atomic E-state index is 12.9. The molecule has 1 aromatic heterocycles. The van der Waals surface area contributed by atoms with Gasteiger partial charge in [0.05, 0.1) is 18.1 Å². The average Bonchev–Trinajstić information content (AvgIpc) is 2.91. The van der Waals surface area contributed by atoms with Crippen molar-refractivity contribution in [1.29, 1.82) is 0 Å². The van der Waals surface area contributed by atoms with Gasteiger partial charge >= 0.3 is 0 Å². The summed E-state index contributed by atoms with van der Waals surface area (Å²) < 4.78 is 32.6. The summed E-state index contributed by atoms with van der Waals surface area (Å²) in [5.41, 5.74) is 3.68. The topological polar surface area (TPSA) is 62.4 Å². The minimum absolute atomic E-state index is 0.403. The van der Waals surface area contributed by atoms with E-state index in [9.17, 15) is 8.42 Å². The molecular formula is C18H24N2O3S. The molecule has 130 valence electrons. The molecule has 0 amide bonds. The number of aryl methyl sites for hydroxylation is 2. The number of aromatic amines is 1. The predicted octanol–water partition coefficient (Wildman–Crippen LogP) is 2.85. The van der Waals surface area contributed by atoms with Crippen molar-refractivity contribution >= 4 is 20.9 Å². The van der Waals surface area contributed by atoms with Crippen molar-refractivity contribution in [3.05, 3.63) is 29.5 Å². The normalized spacial score (nSPS) is 20.5. The molecule has 0 saturated carbocycles. The van der Waals surface area contributed by atoms with E-state index in [1.165, 1.54) is 41.2 Å². The second-order valence-electron chi connectivity index (χ2n) is 6.72.